The molecule has 0 fully saturated rings. The van der Waals surface area contributed by atoms with Gasteiger partial charge in [0, 0.05) is 13.1 Å². The molecule has 154 valence electrons. The summed E-state index contributed by atoms with van der Waals surface area (Å²) < 4.78 is 26.2. The van der Waals surface area contributed by atoms with E-state index in [2.05, 4.69) is 39.0 Å². The van der Waals surface area contributed by atoms with Crippen LogP contribution in [0, 0.1) is 20.8 Å². The Morgan fingerprint density at radius 1 is 0.857 bits per heavy atom. The molecule has 2 aromatic rings. The monoisotopic (exact) mass is 405 g/mol. The van der Waals surface area contributed by atoms with Crippen molar-refractivity contribution < 1.29 is 18.3 Å². The molecule has 0 radical (unpaired) electrons. The van der Waals surface area contributed by atoms with Gasteiger partial charge in [0.05, 0.1) is 10.5 Å². The van der Waals surface area contributed by atoms with E-state index in [1.165, 1.54) is 45.3 Å². The van der Waals surface area contributed by atoms with E-state index >= 15 is 0 Å². The second-order valence-electron chi connectivity index (χ2n) is 6.90. The fourth-order valence-electron chi connectivity index (χ4n) is 2.97. The lowest BCUT2D eigenvalue weighted by Crippen LogP contribution is -2.32. The van der Waals surface area contributed by atoms with Gasteiger partial charge in [-0.1, -0.05) is 48.7 Å². The molecule has 2 aromatic carbocycles. The first-order valence-corrected chi connectivity index (χ1v) is 10.9. The molecule has 0 spiro atoms. The Bertz CT molecular complexity index is 817. The molecule has 6 heteroatoms. The van der Waals surface area contributed by atoms with Crippen molar-refractivity contribution in [3.05, 3.63) is 64.7 Å². The highest BCUT2D eigenvalue weighted by Crippen LogP contribution is 2.17. The summed E-state index contributed by atoms with van der Waals surface area (Å²) in [5.74, 6) is -1.07. The van der Waals surface area contributed by atoms with Crippen molar-refractivity contribution in [2.45, 2.75) is 52.4 Å². The summed E-state index contributed by atoms with van der Waals surface area (Å²) in [7, 11) is -3.53. The summed E-state index contributed by atoms with van der Waals surface area (Å²) >= 11 is 0. The topological polar surface area (TPSA) is 74.7 Å². The largest absolute Gasteiger partial charge is 0.478 e. The molecule has 0 amide bonds. The van der Waals surface area contributed by atoms with Gasteiger partial charge < -0.3 is 5.11 Å². The van der Waals surface area contributed by atoms with Gasteiger partial charge in [-0.15, -0.1) is 0 Å². The number of hydrogen-bond donors (Lipinski definition) is 1. The van der Waals surface area contributed by atoms with E-state index in [4.69, 9.17) is 5.11 Å². The van der Waals surface area contributed by atoms with Crippen LogP contribution in [0.4, 0.5) is 0 Å². The Morgan fingerprint density at radius 2 is 1.25 bits per heavy atom. The molecule has 0 bridgehead atoms. The van der Waals surface area contributed by atoms with Crippen LogP contribution in [-0.4, -0.2) is 36.9 Å². The standard InChI is InChI=1S/C13H19NO4S.C9H12/c1-3-9-14(10-4-2)19(17,18)12-7-5-11(6-8-12)13(15)16;1-7-4-8(2)6-9(3)5-7/h5-8H,3-4,9-10H2,1-2H3,(H,15,16);4-6H,1-3H3. The minimum atomic E-state index is -3.53. The van der Waals surface area contributed by atoms with Gasteiger partial charge >= 0.3 is 5.97 Å². The van der Waals surface area contributed by atoms with E-state index in [1.807, 2.05) is 13.8 Å². The Labute approximate surface area is 169 Å². The van der Waals surface area contributed by atoms with Crippen molar-refractivity contribution in [1.82, 2.24) is 4.31 Å². The van der Waals surface area contributed by atoms with Crippen molar-refractivity contribution in [3.8, 4) is 0 Å². The number of aromatic carboxylic acids is 1. The van der Waals surface area contributed by atoms with Crippen LogP contribution < -0.4 is 0 Å². The van der Waals surface area contributed by atoms with Crippen LogP contribution in [-0.2, 0) is 10.0 Å². The number of carbonyl (C=O) groups is 1. The molecule has 0 heterocycles. The van der Waals surface area contributed by atoms with E-state index in [-0.39, 0.29) is 10.5 Å². The summed E-state index contributed by atoms with van der Waals surface area (Å²) in [4.78, 5) is 10.9. The minimum absolute atomic E-state index is 0.0801. The first-order valence-electron chi connectivity index (χ1n) is 9.50. The average molecular weight is 406 g/mol. The zero-order valence-corrected chi connectivity index (χ0v) is 18.2. The number of carboxylic acids is 1. The lowest BCUT2D eigenvalue weighted by atomic mass is 10.1. The van der Waals surface area contributed by atoms with Gasteiger partial charge in [-0.3, -0.25) is 0 Å². The number of aryl methyl sites for hydroxylation is 3. The quantitative estimate of drug-likeness (QED) is 0.717. The van der Waals surface area contributed by atoms with E-state index in [1.54, 1.807) is 0 Å². The lowest BCUT2D eigenvalue weighted by Gasteiger charge is -2.20. The van der Waals surface area contributed by atoms with Gasteiger partial charge in [-0.05, 0) is 57.9 Å². The third-order valence-corrected chi connectivity index (χ3v) is 5.96. The van der Waals surface area contributed by atoms with Crippen molar-refractivity contribution in [2.24, 2.45) is 0 Å². The minimum Gasteiger partial charge on any atom is -0.478 e. The van der Waals surface area contributed by atoms with Crippen LogP contribution in [0.5, 0.6) is 0 Å². The molecule has 0 aliphatic heterocycles. The summed E-state index contributed by atoms with van der Waals surface area (Å²) in [6.07, 6.45) is 1.48. The van der Waals surface area contributed by atoms with Crippen LogP contribution in [0.25, 0.3) is 0 Å². The molecular weight excluding hydrogens is 374 g/mol. The fraction of sp³-hybridized carbons (Fsp3) is 0.409. The van der Waals surface area contributed by atoms with E-state index < -0.39 is 16.0 Å². The van der Waals surface area contributed by atoms with Crippen LogP contribution >= 0.6 is 0 Å². The van der Waals surface area contributed by atoms with Gasteiger partial charge in [-0.2, -0.15) is 4.31 Å². The van der Waals surface area contributed by atoms with Gasteiger partial charge in [0.15, 0.2) is 0 Å². The Balaban J connectivity index is 0.000000362. The first-order chi connectivity index (χ1) is 13.1. The molecule has 0 aromatic heterocycles. The third kappa shape index (κ3) is 7.09. The van der Waals surface area contributed by atoms with Crippen LogP contribution in [0.15, 0.2) is 47.4 Å². The Hall–Kier alpha value is -2.18. The summed E-state index contributed by atoms with van der Waals surface area (Å²) in [6.45, 7) is 11.2. The Kier molecular flexibility index (Phi) is 9.35. The molecule has 0 atom stereocenters. The molecule has 5 nitrogen and oxygen atoms in total. The van der Waals surface area contributed by atoms with Gasteiger partial charge in [0.1, 0.15) is 0 Å². The van der Waals surface area contributed by atoms with Crippen molar-refractivity contribution in [1.29, 1.82) is 0 Å². The molecule has 0 aliphatic rings. The molecule has 0 aliphatic carbocycles. The van der Waals surface area contributed by atoms with Crippen LogP contribution in [0.2, 0.25) is 0 Å². The van der Waals surface area contributed by atoms with Crippen molar-refractivity contribution in [2.75, 3.05) is 13.1 Å². The summed E-state index contributed by atoms with van der Waals surface area (Å²) in [6, 6.07) is 11.9. The zero-order valence-electron chi connectivity index (χ0n) is 17.4. The molecular formula is C22H31NO4S. The molecule has 0 unspecified atom stereocenters. The molecule has 0 saturated carbocycles. The first kappa shape index (κ1) is 23.9. The number of rotatable bonds is 7. The van der Waals surface area contributed by atoms with Crippen LogP contribution in [0.1, 0.15) is 53.7 Å². The number of nitrogens with zero attached hydrogens (tertiary/aromatic N) is 1. The highest BCUT2D eigenvalue weighted by atomic mass is 32.2. The maximum atomic E-state index is 12.4. The predicted molar refractivity (Wildman–Crippen MR) is 113 cm³/mol. The average Bonchev–Trinajstić information content (AvgIpc) is 2.61. The molecule has 0 saturated heterocycles. The number of carboxylic acid groups (broad SMARTS) is 1. The zero-order chi connectivity index (χ0) is 21.3. The van der Waals surface area contributed by atoms with E-state index in [0.29, 0.717) is 13.1 Å². The highest BCUT2D eigenvalue weighted by molar-refractivity contribution is 7.89. The van der Waals surface area contributed by atoms with Crippen molar-refractivity contribution in [3.63, 3.8) is 0 Å². The van der Waals surface area contributed by atoms with Gasteiger partial charge in [-0.25, -0.2) is 13.2 Å². The normalized spacial score (nSPS) is 11.1. The lowest BCUT2D eigenvalue weighted by molar-refractivity contribution is 0.0696. The van der Waals surface area contributed by atoms with Gasteiger partial charge in [0.25, 0.3) is 0 Å². The smallest absolute Gasteiger partial charge is 0.335 e. The van der Waals surface area contributed by atoms with Gasteiger partial charge in [0.2, 0.25) is 10.0 Å². The number of hydrogen-bond acceptors (Lipinski definition) is 3. The molecule has 28 heavy (non-hydrogen) atoms. The molecule has 1 N–H and O–H groups in total. The SMILES string of the molecule is CCCN(CCC)S(=O)(=O)c1ccc(C(=O)O)cc1.Cc1cc(C)cc(C)c1. The summed E-state index contributed by atoms with van der Waals surface area (Å²) in [5.41, 5.74) is 4.14. The number of sulfonamides is 1. The highest BCUT2D eigenvalue weighted by Gasteiger charge is 2.23. The molecule has 2 rings (SSSR count). The van der Waals surface area contributed by atoms with Crippen molar-refractivity contribution >= 4 is 16.0 Å². The maximum Gasteiger partial charge on any atom is 0.335 e. The summed E-state index contributed by atoms with van der Waals surface area (Å²) in [5, 5.41) is 8.80. The predicted octanol–water partition coefficient (Wildman–Crippen LogP) is 4.81. The second kappa shape index (κ2) is 11.0. The fourth-order valence-corrected chi connectivity index (χ4v) is 4.60. The maximum absolute atomic E-state index is 12.4. The number of benzene rings is 2. The van der Waals surface area contributed by atoms with E-state index in [0.717, 1.165) is 12.8 Å². The second-order valence-corrected chi connectivity index (χ2v) is 8.84. The Morgan fingerprint density at radius 3 is 1.57 bits per heavy atom. The third-order valence-electron chi connectivity index (χ3n) is 4.05. The van der Waals surface area contributed by atoms with E-state index in [9.17, 15) is 13.2 Å². The van der Waals surface area contributed by atoms with Crippen LogP contribution in [0.3, 0.4) is 0 Å².